The van der Waals surface area contributed by atoms with Crippen LogP contribution < -0.4 is 5.32 Å². The van der Waals surface area contributed by atoms with Gasteiger partial charge in [0.2, 0.25) is 10.0 Å². The van der Waals surface area contributed by atoms with E-state index in [9.17, 15) is 22.4 Å². The number of morpholine rings is 1. The van der Waals surface area contributed by atoms with Crippen molar-refractivity contribution in [3.05, 3.63) is 59.4 Å². The number of amides is 1. The fourth-order valence-corrected chi connectivity index (χ4v) is 4.38. The molecule has 3 rings (SSSR count). The summed E-state index contributed by atoms with van der Waals surface area (Å²) in [6, 6.07) is 9.01. The van der Waals surface area contributed by atoms with Crippen LogP contribution in [0.25, 0.3) is 0 Å². The second kappa shape index (κ2) is 9.99. The lowest BCUT2D eigenvalue weighted by molar-refractivity contribution is 0.0505. The lowest BCUT2D eigenvalue weighted by Crippen LogP contribution is -2.40. The number of esters is 1. The van der Waals surface area contributed by atoms with Gasteiger partial charge >= 0.3 is 5.97 Å². The number of benzene rings is 2. The second-order valence-electron chi connectivity index (χ2n) is 6.83. The molecule has 166 valence electrons. The van der Waals surface area contributed by atoms with Crippen LogP contribution in [0.15, 0.2) is 47.4 Å². The lowest BCUT2D eigenvalue weighted by atomic mass is 10.1. The van der Waals surface area contributed by atoms with Crippen LogP contribution in [0.2, 0.25) is 0 Å². The zero-order valence-electron chi connectivity index (χ0n) is 17.0. The van der Waals surface area contributed by atoms with Gasteiger partial charge in [-0.2, -0.15) is 4.31 Å². The molecule has 2 aromatic carbocycles. The zero-order valence-corrected chi connectivity index (χ0v) is 17.8. The molecular weight excluding hydrogens is 427 g/mol. The van der Waals surface area contributed by atoms with Crippen molar-refractivity contribution in [1.82, 2.24) is 4.31 Å². The third kappa shape index (κ3) is 5.46. The number of hydrogen-bond donors (Lipinski definition) is 1. The predicted octanol–water partition coefficient (Wildman–Crippen LogP) is 2.67. The minimum Gasteiger partial charge on any atom is -0.462 e. The lowest BCUT2D eigenvalue weighted by Gasteiger charge is -2.26. The van der Waals surface area contributed by atoms with Crippen LogP contribution in [-0.4, -0.2) is 57.5 Å². The molecule has 1 amide bonds. The standard InChI is InChI=1S/C21H23FN2O6S/c1-2-11-30-21(26)15-3-5-16(6-4-15)23-20(25)18-14-17(7-8-19(18)22)31(27,28)24-9-12-29-13-10-24/h3-8,14H,2,9-13H2,1H3,(H,23,25). The van der Waals surface area contributed by atoms with E-state index in [0.29, 0.717) is 24.3 Å². The molecule has 1 heterocycles. The molecule has 31 heavy (non-hydrogen) atoms. The normalized spacial score (nSPS) is 14.8. The Morgan fingerprint density at radius 3 is 2.45 bits per heavy atom. The third-order valence-corrected chi connectivity index (χ3v) is 6.50. The van der Waals surface area contributed by atoms with Crippen LogP contribution in [0.5, 0.6) is 0 Å². The monoisotopic (exact) mass is 450 g/mol. The summed E-state index contributed by atoms with van der Waals surface area (Å²) in [6.07, 6.45) is 0.700. The SMILES string of the molecule is CCCOC(=O)c1ccc(NC(=O)c2cc(S(=O)(=O)N3CCOCC3)ccc2F)cc1. The van der Waals surface area contributed by atoms with Gasteiger partial charge < -0.3 is 14.8 Å². The van der Waals surface area contributed by atoms with Crippen molar-refractivity contribution in [3.63, 3.8) is 0 Å². The maximum absolute atomic E-state index is 14.3. The quantitative estimate of drug-likeness (QED) is 0.651. The zero-order chi connectivity index (χ0) is 22.4. The fourth-order valence-electron chi connectivity index (χ4n) is 2.94. The Labute approximate surface area is 180 Å². The number of ether oxygens (including phenoxy) is 2. The molecule has 1 aliphatic rings. The van der Waals surface area contributed by atoms with Gasteiger partial charge in [-0.05, 0) is 48.9 Å². The Morgan fingerprint density at radius 1 is 1.13 bits per heavy atom. The molecule has 1 N–H and O–H groups in total. The van der Waals surface area contributed by atoms with E-state index in [-0.39, 0.29) is 31.2 Å². The molecule has 0 atom stereocenters. The van der Waals surface area contributed by atoms with E-state index < -0.39 is 33.3 Å². The highest BCUT2D eigenvalue weighted by Crippen LogP contribution is 2.21. The molecule has 8 nitrogen and oxygen atoms in total. The van der Waals surface area contributed by atoms with Crippen LogP contribution in [0.1, 0.15) is 34.1 Å². The molecule has 0 radical (unpaired) electrons. The molecule has 0 aliphatic carbocycles. The smallest absolute Gasteiger partial charge is 0.338 e. The Kier molecular flexibility index (Phi) is 7.37. The molecule has 10 heteroatoms. The van der Waals surface area contributed by atoms with Gasteiger partial charge in [-0.1, -0.05) is 6.92 Å². The number of carbonyl (C=O) groups excluding carboxylic acids is 2. The van der Waals surface area contributed by atoms with Crippen LogP contribution in [-0.2, 0) is 19.5 Å². The van der Waals surface area contributed by atoms with Gasteiger partial charge in [-0.15, -0.1) is 0 Å². The summed E-state index contributed by atoms with van der Waals surface area (Å²) in [5.74, 6) is -2.14. The van der Waals surface area contributed by atoms with Crippen LogP contribution in [0.3, 0.4) is 0 Å². The topological polar surface area (TPSA) is 102 Å². The number of carbonyl (C=O) groups is 2. The first-order valence-electron chi connectivity index (χ1n) is 9.79. The molecule has 1 fully saturated rings. The number of halogens is 1. The highest BCUT2D eigenvalue weighted by Gasteiger charge is 2.28. The van der Waals surface area contributed by atoms with Gasteiger partial charge in [-0.25, -0.2) is 17.6 Å². The van der Waals surface area contributed by atoms with Gasteiger partial charge in [0.1, 0.15) is 5.82 Å². The number of rotatable bonds is 7. The average Bonchev–Trinajstić information content (AvgIpc) is 2.78. The van der Waals surface area contributed by atoms with E-state index >= 15 is 0 Å². The molecule has 2 aromatic rings. The van der Waals surface area contributed by atoms with E-state index in [0.717, 1.165) is 18.2 Å². The van der Waals surface area contributed by atoms with E-state index in [4.69, 9.17) is 9.47 Å². The maximum atomic E-state index is 14.3. The fraction of sp³-hybridized carbons (Fsp3) is 0.333. The molecule has 1 saturated heterocycles. The summed E-state index contributed by atoms with van der Waals surface area (Å²) >= 11 is 0. The van der Waals surface area contributed by atoms with Crippen LogP contribution in [0.4, 0.5) is 10.1 Å². The first kappa shape index (κ1) is 22.9. The summed E-state index contributed by atoms with van der Waals surface area (Å²) in [6.45, 7) is 3.11. The van der Waals surface area contributed by atoms with Crippen molar-refractivity contribution in [2.24, 2.45) is 0 Å². The van der Waals surface area contributed by atoms with Gasteiger partial charge in [-0.3, -0.25) is 4.79 Å². The highest BCUT2D eigenvalue weighted by atomic mass is 32.2. The largest absolute Gasteiger partial charge is 0.462 e. The molecule has 0 bridgehead atoms. The van der Waals surface area contributed by atoms with E-state index in [2.05, 4.69) is 5.32 Å². The summed E-state index contributed by atoms with van der Waals surface area (Å²) in [4.78, 5) is 24.2. The number of hydrogen-bond acceptors (Lipinski definition) is 6. The Balaban J connectivity index is 1.76. The minimum absolute atomic E-state index is 0.171. The van der Waals surface area contributed by atoms with Crippen molar-refractivity contribution in [3.8, 4) is 0 Å². The average molecular weight is 450 g/mol. The molecule has 0 aromatic heterocycles. The summed E-state index contributed by atoms with van der Waals surface area (Å²) in [5.41, 5.74) is 0.231. The van der Waals surface area contributed by atoms with Crippen molar-refractivity contribution in [1.29, 1.82) is 0 Å². The first-order valence-corrected chi connectivity index (χ1v) is 11.2. The highest BCUT2D eigenvalue weighted by molar-refractivity contribution is 7.89. The van der Waals surface area contributed by atoms with Gasteiger partial charge in [0.25, 0.3) is 5.91 Å². The molecule has 0 saturated carbocycles. The van der Waals surface area contributed by atoms with E-state index in [1.54, 1.807) is 0 Å². The number of nitrogens with zero attached hydrogens (tertiary/aromatic N) is 1. The molecular formula is C21H23FN2O6S. The van der Waals surface area contributed by atoms with Crippen molar-refractivity contribution < 1.29 is 31.9 Å². The molecule has 0 spiro atoms. The maximum Gasteiger partial charge on any atom is 0.338 e. The van der Waals surface area contributed by atoms with E-state index in [1.807, 2.05) is 6.92 Å². The van der Waals surface area contributed by atoms with E-state index in [1.165, 1.54) is 28.6 Å². The van der Waals surface area contributed by atoms with Crippen LogP contribution in [0, 0.1) is 5.82 Å². The Hall–Kier alpha value is -2.82. The number of sulfonamides is 1. The van der Waals surface area contributed by atoms with Gasteiger partial charge in [0, 0.05) is 18.8 Å². The molecule has 1 aliphatic heterocycles. The van der Waals surface area contributed by atoms with Crippen molar-refractivity contribution in [2.75, 3.05) is 38.2 Å². The summed E-state index contributed by atoms with van der Waals surface area (Å²) in [5, 5.41) is 2.51. The number of anilines is 1. The van der Waals surface area contributed by atoms with Gasteiger partial charge in [0.15, 0.2) is 0 Å². The first-order chi connectivity index (χ1) is 14.8. The Bertz CT molecular complexity index is 1050. The Morgan fingerprint density at radius 2 is 1.81 bits per heavy atom. The summed E-state index contributed by atoms with van der Waals surface area (Å²) < 4.78 is 51.3. The van der Waals surface area contributed by atoms with Crippen LogP contribution >= 0.6 is 0 Å². The minimum atomic E-state index is -3.88. The second-order valence-corrected chi connectivity index (χ2v) is 8.76. The van der Waals surface area contributed by atoms with Crippen molar-refractivity contribution >= 4 is 27.6 Å². The molecule has 0 unspecified atom stereocenters. The van der Waals surface area contributed by atoms with Crippen molar-refractivity contribution in [2.45, 2.75) is 18.2 Å². The summed E-state index contributed by atoms with van der Waals surface area (Å²) in [7, 11) is -3.88. The number of nitrogens with one attached hydrogen (secondary N) is 1. The third-order valence-electron chi connectivity index (χ3n) is 4.61. The predicted molar refractivity (Wildman–Crippen MR) is 111 cm³/mol. The van der Waals surface area contributed by atoms with Gasteiger partial charge in [0.05, 0.1) is 35.8 Å².